The van der Waals surface area contributed by atoms with Gasteiger partial charge < -0.3 is 10.6 Å². The van der Waals surface area contributed by atoms with Gasteiger partial charge in [0.15, 0.2) is 11.6 Å². The number of hydrogen-bond donors (Lipinski definition) is 2. The molecule has 0 spiro atoms. The summed E-state index contributed by atoms with van der Waals surface area (Å²) < 4.78 is 103. The first-order chi connectivity index (χ1) is 15.3. The number of carbonyl (C=O) groups excluding carboxylic acids is 1. The van der Waals surface area contributed by atoms with Crippen LogP contribution in [0.5, 0.6) is 0 Å². The summed E-state index contributed by atoms with van der Waals surface area (Å²) in [4.78, 5) is 14.5. The number of halogens is 6. The molecule has 1 saturated heterocycles. The molecule has 4 atom stereocenters. The second-order valence-electron chi connectivity index (χ2n) is 8.63. The molecule has 1 saturated carbocycles. The van der Waals surface area contributed by atoms with Gasteiger partial charge in [-0.3, -0.25) is 4.79 Å². The van der Waals surface area contributed by atoms with E-state index in [1.165, 1.54) is 4.90 Å². The summed E-state index contributed by atoms with van der Waals surface area (Å²) in [5, 5.41) is 0. The van der Waals surface area contributed by atoms with Gasteiger partial charge in [-0.1, -0.05) is 12.8 Å². The van der Waals surface area contributed by atoms with Crippen LogP contribution in [0.25, 0.3) is 0 Å². The summed E-state index contributed by atoms with van der Waals surface area (Å²) in [5.74, 6) is -4.10. The highest BCUT2D eigenvalue weighted by Crippen LogP contribution is 2.40. The normalized spacial score (nSPS) is 24.6. The topological polar surface area (TPSA) is 92.5 Å². The quantitative estimate of drug-likeness (QED) is 0.444. The summed E-state index contributed by atoms with van der Waals surface area (Å²) in [6.45, 7) is -0.590. The second-order valence-corrected chi connectivity index (χ2v) is 10.4. The van der Waals surface area contributed by atoms with Crippen LogP contribution in [0.2, 0.25) is 0 Å². The van der Waals surface area contributed by atoms with Crippen LogP contribution in [0.1, 0.15) is 44.1 Å². The van der Waals surface area contributed by atoms with Crippen molar-refractivity contribution in [2.45, 2.75) is 68.6 Å². The van der Waals surface area contributed by atoms with Crippen LogP contribution in [0.4, 0.5) is 26.3 Å². The Bertz CT molecular complexity index is 988. The van der Waals surface area contributed by atoms with Crippen LogP contribution < -0.4 is 10.5 Å². The van der Waals surface area contributed by atoms with Crippen LogP contribution in [-0.2, 0) is 21.2 Å². The van der Waals surface area contributed by atoms with Gasteiger partial charge in [0.2, 0.25) is 5.91 Å². The van der Waals surface area contributed by atoms with Crippen molar-refractivity contribution in [2.75, 3.05) is 6.54 Å². The smallest absolute Gasteiger partial charge is 0.335 e. The number of amides is 1. The number of carbonyl (C=O) groups is 1. The minimum Gasteiger partial charge on any atom is -0.335 e. The van der Waals surface area contributed by atoms with Crippen LogP contribution >= 0.6 is 0 Å². The number of alkyl halides is 3. The molecular formula is C20H25F6N3O3S. The number of benzene rings is 1. The van der Waals surface area contributed by atoms with E-state index in [0.717, 1.165) is 19.3 Å². The van der Waals surface area contributed by atoms with Gasteiger partial charge in [0.05, 0.1) is 0 Å². The first kappa shape index (κ1) is 25.8. The molecule has 13 heteroatoms. The number of sulfonamides is 1. The highest BCUT2D eigenvalue weighted by molar-refractivity contribution is 7.90. The van der Waals surface area contributed by atoms with Crippen molar-refractivity contribution in [3.63, 3.8) is 0 Å². The molecule has 1 amide bonds. The van der Waals surface area contributed by atoms with Crippen LogP contribution in [0.3, 0.4) is 0 Å². The fourth-order valence-corrected chi connectivity index (χ4v) is 5.40. The molecule has 1 aromatic rings. The Labute approximate surface area is 187 Å². The second kappa shape index (κ2) is 9.79. The molecule has 0 unspecified atom stereocenters. The van der Waals surface area contributed by atoms with Crippen molar-refractivity contribution in [3.8, 4) is 0 Å². The molecule has 0 radical (unpaired) electrons. The van der Waals surface area contributed by atoms with E-state index in [-0.39, 0.29) is 30.4 Å². The van der Waals surface area contributed by atoms with Crippen molar-refractivity contribution < 1.29 is 39.6 Å². The number of hydrogen-bond acceptors (Lipinski definition) is 4. The maximum Gasteiger partial charge on any atom is 0.511 e. The molecule has 0 aromatic heterocycles. The van der Waals surface area contributed by atoms with Gasteiger partial charge >= 0.3 is 15.5 Å². The monoisotopic (exact) mass is 501 g/mol. The van der Waals surface area contributed by atoms with E-state index < -0.39 is 57.5 Å². The van der Waals surface area contributed by atoms with Crippen molar-refractivity contribution in [1.82, 2.24) is 9.62 Å². The van der Waals surface area contributed by atoms with E-state index >= 15 is 0 Å². The fourth-order valence-electron chi connectivity index (χ4n) is 4.83. The van der Waals surface area contributed by atoms with Crippen LogP contribution in [0.15, 0.2) is 12.1 Å². The molecule has 3 rings (SSSR count). The molecule has 6 nitrogen and oxygen atoms in total. The largest absolute Gasteiger partial charge is 0.511 e. The highest BCUT2D eigenvalue weighted by Gasteiger charge is 2.48. The predicted octanol–water partition coefficient (Wildman–Crippen LogP) is 2.96. The number of rotatable bonds is 7. The van der Waals surface area contributed by atoms with Crippen molar-refractivity contribution in [1.29, 1.82) is 0 Å². The van der Waals surface area contributed by atoms with E-state index in [9.17, 15) is 39.6 Å². The molecule has 1 aliphatic carbocycles. The maximum absolute atomic E-state index is 13.9. The average Bonchev–Trinajstić information content (AvgIpc) is 3.08. The van der Waals surface area contributed by atoms with E-state index in [0.29, 0.717) is 25.0 Å². The third-order valence-corrected chi connectivity index (χ3v) is 7.46. The van der Waals surface area contributed by atoms with Gasteiger partial charge in [-0.25, -0.2) is 26.3 Å². The Morgan fingerprint density at radius 1 is 1.12 bits per heavy atom. The number of nitrogens with two attached hydrogens (primary N) is 1. The number of nitrogens with one attached hydrogen (secondary N) is 1. The highest BCUT2D eigenvalue weighted by atomic mass is 32.2. The maximum atomic E-state index is 13.9. The zero-order valence-electron chi connectivity index (χ0n) is 17.5. The van der Waals surface area contributed by atoms with E-state index in [1.807, 2.05) is 0 Å². The first-order valence-electron chi connectivity index (χ1n) is 10.6. The van der Waals surface area contributed by atoms with Crippen LogP contribution in [0, 0.1) is 23.4 Å². The molecule has 1 heterocycles. The predicted molar refractivity (Wildman–Crippen MR) is 107 cm³/mol. The number of likely N-dealkylation sites (tertiary alicyclic amines) is 1. The molecule has 33 heavy (non-hydrogen) atoms. The summed E-state index contributed by atoms with van der Waals surface area (Å²) in [7, 11) is -5.56. The van der Waals surface area contributed by atoms with E-state index in [4.69, 9.17) is 5.73 Å². The molecule has 2 aliphatic rings. The number of nitrogens with zero attached hydrogens (tertiary/aromatic N) is 1. The molecular weight excluding hydrogens is 476 g/mol. The Morgan fingerprint density at radius 2 is 1.76 bits per heavy atom. The minimum absolute atomic E-state index is 0.0305. The van der Waals surface area contributed by atoms with E-state index in [2.05, 4.69) is 0 Å². The zero-order chi connectivity index (χ0) is 24.6. The molecule has 2 fully saturated rings. The van der Waals surface area contributed by atoms with Gasteiger partial charge in [-0.2, -0.15) is 13.2 Å². The minimum atomic E-state index is -5.56. The van der Waals surface area contributed by atoms with Crippen molar-refractivity contribution in [3.05, 3.63) is 35.1 Å². The summed E-state index contributed by atoms with van der Waals surface area (Å²) in [6, 6.07) is -0.952. The summed E-state index contributed by atoms with van der Waals surface area (Å²) in [6.07, 6.45) is 2.89. The van der Waals surface area contributed by atoms with E-state index in [1.54, 1.807) is 4.72 Å². The lowest BCUT2D eigenvalue weighted by atomic mass is 9.84. The fraction of sp³-hybridized carbons (Fsp3) is 0.650. The number of fused-ring (bicyclic) bond motifs is 1. The lowest BCUT2D eigenvalue weighted by molar-refractivity contribution is -0.135. The molecule has 1 aliphatic heterocycles. The standard InChI is InChI=1S/C20H25F6N3O3S/c21-15-9-17(23)16(22)7-12(15)5-13(27)8-19(30)29-14(6-11-3-1-2-4-18(11)29)10-28-33(31,32)20(24,25)26/h7,9,11,13-14,18,28H,1-6,8,10,27H2/t11-,13+,14-,18-/m0/s1. The van der Waals surface area contributed by atoms with Gasteiger partial charge in [0.1, 0.15) is 5.82 Å². The third-order valence-electron chi connectivity index (χ3n) is 6.30. The van der Waals surface area contributed by atoms with Gasteiger partial charge in [-0.05, 0) is 43.2 Å². The van der Waals surface area contributed by atoms with Gasteiger partial charge in [0, 0.05) is 37.2 Å². The molecule has 186 valence electrons. The average molecular weight is 501 g/mol. The first-order valence-corrected chi connectivity index (χ1v) is 12.0. The van der Waals surface area contributed by atoms with Gasteiger partial charge in [0.25, 0.3) is 0 Å². The molecule has 3 N–H and O–H groups in total. The molecule has 1 aromatic carbocycles. The Hall–Kier alpha value is -1.86. The van der Waals surface area contributed by atoms with Gasteiger partial charge in [-0.15, -0.1) is 0 Å². The Balaban J connectivity index is 1.71. The summed E-state index contributed by atoms with van der Waals surface area (Å²) >= 11 is 0. The lowest BCUT2D eigenvalue weighted by Gasteiger charge is -2.35. The molecule has 0 bridgehead atoms. The van der Waals surface area contributed by atoms with Crippen molar-refractivity contribution in [2.24, 2.45) is 11.7 Å². The Morgan fingerprint density at radius 3 is 2.42 bits per heavy atom. The summed E-state index contributed by atoms with van der Waals surface area (Å²) in [5.41, 5.74) is 0.278. The zero-order valence-corrected chi connectivity index (χ0v) is 18.4. The Kier molecular flexibility index (Phi) is 7.64. The SMILES string of the molecule is N[C@@H](CC(=O)N1[C@H](CNS(=O)(=O)C(F)(F)F)C[C@@H]2CCCC[C@@H]21)Cc1cc(F)c(F)cc1F. The van der Waals surface area contributed by atoms with Crippen molar-refractivity contribution >= 4 is 15.9 Å². The van der Waals surface area contributed by atoms with Crippen LogP contribution in [-0.4, -0.2) is 49.4 Å². The third kappa shape index (κ3) is 5.80. The lowest BCUT2D eigenvalue weighted by Crippen LogP contribution is -2.50.